The molecule has 0 saturated heterocycles. The van der Waals surface area contributed by atoms with Gasteiger partial charge >= 0.3 is 0 Å². The maximum Gasteiger partial charge on any atom is 0.227 e. The summed E-state index contributed by atoms with van der Waals surface area (Å²) in [4.78, 5) is 8.57. The van der Waals surface area contributed by atoms with E-state index in [0.29, 0.717) is 5.88 Å². The molecule has 4 heteroatoms. The van der Waals surface area contributed by atoms with Crippen LogP contribution in [0.3, 0.4) is 0 Å². The Morgan fingerprint density at radius 3 is 3.00 bits per heavy atom. The van der Waals surface area contributed by atoms with Gasteiger partial charge in [0.1, 0.15) is 12.1 Å². The summed E-state index contributed by atoms with van der Waals surface area (Å²) in [5.41, 5.74) is 3.27. The average Bonchev–Trinajstić information content (AvgIpc) is 2.42. The molecular weight excluding hydrogens is 226 g/mol. The van der Waals surface area contributed by atoms with Crippen molar-refractivity contribution in [1.82, 2.24) is 15.3 Å². The zero-order valence-corrected chi connectivity index (χ0v) is 10.3. The molecule has 0 unspecified atom stereocenters. The Hall–Kier alpha value is -1.94. The van der Waals surface area contributed by atoms with E-state index in [1.165, 1.54) is 0 Å². The van der Waals surface area contributed by atoms with Crippen molar-refractivity contribution in [1.29, 1.82) is 0 Å². The van der Waals surface area contributed by atoms with Gasteiger partial charge in [0, 0.05) is 19.5 Å². The molecule has 3 rings (SSSR count). The van der Waals surface area contributed by atoms with Crippen molar-refractivity contribution < 1.29 is 4.74 Å². The topological polar surface area (TPSA) is 47.0 Å². The molecule has 2 aromatic rings. The van der Waals surface area contributed by atoms with Gasteiger partial charge in [-0.1, -0.05) is 18.2 Å². The van der Waals surface area contributed by atoms with E-state index in [9.17, 15) is 0 Å². The zero-order valence-electron chi connectivity index (χ0n) is 10.3. The average molecular weight is 241 g/mol. The molecule has 1 aromatic carbocycles. The van der Waals surface area contributed by atoms with Crippen LogP contribution in [-0.2, 0) is 13.0 Å². The summed E-state index contributed by atoms with van der Waals surface area (Å²) in [7, 11) is 0. The minimum Gasteiger partial charge on any atom is -0.438 e. The molecule has 1 aliphatic rings. The van der Waals surface area contributed by atoms with E-state index < -0.39 is 0 Å². The lowest BCUT2D eigenvalue weighted by molar-refractivity contribution is 0.441. The van der Waals surface area contributed by atoms with Gasteiger partial charge in [0.2, 0.25) is 5.88 Å². The maximum absolute atomic E-state index is 5.92. The van der Waals surface area contributed by atoms with Crippen molar-refractivity contribution in [3.63, 3.8) is 0 Å². The van der Waals surface area contributed by atoms with Gasteiger partial charge in [-0.25, -0.2) is 9.97 Å². The number of nitrogens with zero attached hydrogens (tertiary/aromatic N) is 2. The molecule has 0 atom stereocenters. The molecule has 0 bridgehead atoms. The molecule has 18 heavy (non-hydrogen) atoms. The molecule has 0 aliphatic carbocycles. The van der Waals surface area contributed by atoms with Gasteiger partial charge in [0.25, 0.3) is 0 Å². The number of benzene rings is 1. The van der Waals surface area contributed by atoms with Crippen molar-refractivity contribution in [2.75, 3.05) is 6.54 Å². The molecule has 1 aromatic heterocycles. The zero-order chi connectivity index (χ0) is 12.4. The predicted molar refractivity (Wildman–Crippen MR) is 68.7 cm³/mol. The minimum atomic E-state index is 0.668. The first-order chi connectivity index (χ1) is 8.84. The van der Waals surface area contributed by atoms with E-state index in [1.807, 2.05) is 31.2 Å². The van der Waals surface area contributed by atoms with Gasteiger partial charge < -0.3 is 10.1 Å². The maximum atomic E-state index is 5.92. The fourth-order valence-electron chi connectivity index (χ4n) is 2.11. The van der Waals surface area contributed by atoms with Gasteiger partial charge in [-0.15, -0.1) is 0 Å². The van der Waals surface area contributed by atoms with Crippen molar-refractivity contribution in [3.8, 4) is 11.6 Å². The SMILES string of the molecule is Cc1ccccc1Oc1ncnc2c1CNCC2. The fourth-order valence-corrected chi connectivity index (χ4v) is 2.11. The summed E-state index contributed by atoms with van der Waals surface area (Å²) in [6.45, 7) is 3.77. The quantitative estimate of drug-likeness (QED) is 0.875. The predicted octanol–water partition coefficient (Wildman–Crippen LogP) is 2.22. The summed E-state index contributed by atoms with van der Waals surface area (Å²) in [6, 6.07) is 7.95. The molecule has 0 fully saturated rings. The Morgan fingerprint density at radius 1 is 1.22 bits per heavy atom. The Morgan fingerprint density at radius 2 is 2.11 bits per heavy atom. The summed E-state index contributed by atoms with van der Waals surface area (Å²) >= 11 is 0. The highest BCUT2D eigenvalue weighted by Gasteiger charge is 2.16. The first-order valence-corrected chi connectivity index (χ1v) is 6.11. The minimum absolute atomic E-state index is 0.668. The number of nitrogens with one attached hydrogen (secondary N) is 1. The van der Waals surface area contributed by atoms with Crippen LogP contribution in [0.1, 0.15) is 16.8 Å². The number of hydrogen-bond acceptors (Lipinski definition) is 4. The van der Waals surface area contributed by atoms with E-state index in [0.717, 1.165) is 42.1 Å². The number of rotatable bonds is 2. The van der Waals surface area contributed by atoms with Gasteiger partial charge in [-0.3, -0.25) is 0 Å². The number of aromatic nitrogens is 2. The number of fused-ring (bicyclic) bond motifs is 1. The summed E-state index contributed by atoms with van der Waals surface area (Å²) < 4.78 is 5.92. The third-order valence-electron chi connectivity index (χ3n) is 3.14. The summed E-state index contributed by atoms with van der Waals surface area (Å²) in [5, 5.41) is 3.32. The van der Waals surface area contributed by atoms with Crippen LogP contribution in [0.2, 0.25) is 0 Å². The summed E-state index contributed by atoms with van der Waals surface area (Å²) in [6.07, 6.45) is 2.51. The second kappa shape index (κ2) is 4.74. The van der Waals surface area contributed by atoms with Crippen LogP contribution in [0.15, 0.2) is 30.6 Å². The Kier molecular flexibility index (Phi) is 2.94. The number of hydrogen-bond donors (Lipinski definition) is 1. The largest absolute Gasteiger partial charge is 0.438 e. The molecular formula is C14H15N3O. The van der Waals surface area contributed by atoms with Crippen LogP contribution in [-0.4, -0.2) is 16.5 Å². The molecule has 1 N–H and O–H groups in total. The van der Waals surface area contributed by atoms with E-state index in [2.05, 4.69) is 15.3 Å². The van der Waals surface area contributed by atoms with E-state index >= 15 is 0 Å². The van der Waals surface area contributed by atoms with Crippen molar-refractivity contribution in [3.05, 3.63) is 47.4 Å². The molecule has 0 radical (unpaired) electrons. The first-order valence-electron chi connectivity index (χ1n) is 6.11. The van der Waals surface area contributed by atoms with Crippen molar-refractivity contribution >= 4 is 0 Å². The summed E-state index contributed by atoms with van der Waals surface area (Å²) in [5.74, 6) is 1.52. The Labute approximate surface area is 106 Å². The highest BCUT2D eigenvalue weighted by molar-refractivity contribution is 5.39. The van der Waals surface area contributed by atoms with Gasteiger partial charge in [0.15, 0.2) is 0 Å². The monoisotopic (exact) mass is 241 g/mol. The van der Waals surface area contributed by atoms with Gasteiger partial charge in [0.05, 0.1) is 11.3 Å². The van der Waals surface area contributed by atoms with Crippen LogP contribution < -0.4 is 10.1 Å². The fraction of sp³-hybridized carbons (Fsp3) is 0.286. The van der Waals surface area contributed by atoms with Crippen molar-refractivity contribution in [2.24, 2.45) is 0 Å². The molecule has 0 amide bonds. The third kappa shape index (κ3) is 2.07. The standard InChI is InChI=1S/C14H15N3O/c1-10-4-2-3-5-13(10)18-14-11-8-15-7-6-12(11)16-9-17-14/h2-5,9,15H,6-8H2,1H3. The van der Waals surface area contributed by atoms with Crippen LogP contribution in [0.25, 0.3) is 0 Å². The molecule has 0 spiro atoms. The molecule has 92 valence electrons. The highest BCUT2D eigenvalue weighted by Crippen LogP contribution is 2.27. The van der Waals surface area contributed by atoms with Crippen LogP contribution in [0.5, 0.6) is 11.6 Å². The van der Waals surface area contributed by atoms with E-state index in [1.54, 1.807) is 6.33 Å². The number of para-hydroxylation sites is 1. The third-order valence-corrected chi connectivity index (χ3v) is 3.14. The van der Waals surface area contributed by atoms with Gasteiger partial charge in [-0.2, -0.15) is 0 Å². The van der Waals surface area contributed by atoms with Crippen LogP contribution in [0.4, 0.5) is 0 Å². The number of aryl methyl sites for hydroxylation is 1. The lowest BCUT2D eigenvalue weighted by atomic mass is 10.1. The Bertz CT molecular complexity index is 569. The number of ether oxygens (including phenoxy) is 1. The second-order valence-corrected chi connectivity index (χ2v) is 4.40. The van der Waals surface area contributed by atoms with Gasteiger partial charge in [-0.05, 0) is 18.6 Å². The normalized spacial score (nSPS) is 14.1. The van der Waals surface area contributed by atoms with Crippen molar-refractivity contribution in [2.45, 2.75) is 19.9 Å². The molecule has 1 aliphatic heterocycles. The first kappa shape index (κ1) is 11.2. The smallest absolute Gasteiger partial charge is 0.227 e. The highest BCUT2D eigenvalue weighted by atomic mass is 16.5. The Balaban J connectivity index is 1.96. The second-order valence-electron chi connectivity index (χ2n) is 4.40. The van der Waals surface area contributed by atoms with Crippen LogP contribution in [0, 0.1) is 6.92 Å². The molecule has 2 heterocycles. The van der Waals surface area contributed by atoms with Crippen LogP contribution >= 0.6 is 0 Å². The lowest BCUT2D eigenvalue weighted by Crippen LogP contribution is -2.25. The molecule has 4 nitrogen and oxygen atoms in total. The van der Waals surface area contributed by atoms with E-state index in [-0.39, 0.29) is 0 Å². The lowest BCUT2D eigenvalue weighted by Gasteiger charge is -2.18. The van der Waals surface area contributed by atoms with E-state index in [4.69, 9.17) is 4.74 Å². The molecule has 0 saturated carbocycles.